The lowest BCUT2D eigenvalue weighted by Gasteiger charge is -2.47. The Labute approximate surface area is 98.9 Å². The summed E-state index contributed by atoms with van der Waals surface area (Å²) < 4.78 is 12.9. The summed E-state index contributed by atoms with van der Waals surface area (Å²) in [7, 11) is 0. The van der Waals surface area contributed by atoms with Crippen LogP contribution in [0.4, 0.5) is 0 Å². The molecule has 1 spiro atoms. The SMILES string of the molecule is ICC[C@@H]1C[C@@H]2CC3(OCCO3)[C@@H]2C1. The van der Waals surface area contributed by atoms with Crippen LogP contribution in [0.15, 0.2) is 0 Å². The Morgan fingerprint density at radius 3 is 2.71 bits per heavy atom. The highest BCUT2D eigenvalue weighted by Crippen LogP contribution is 2.59. The maximum absolute atomic E-state index is 5.79. The van der Waals surface area contributed by atoms with E-state index in [9.17, 15) is 0 Å². The molecule has 3 fully saturated rings. The fourth-order valence-electron chi connectivity index (χ4n) is 3.55. The normalized spacial score (nSPS) is 43.9. The number of hydrogen-bond donors (Lipinski definition) is 0. The Kier molecular flexibility index (Phi) is 2.53. The molecule has 14 heavy (non-hydrogen) atoms. The summed E-state index contributed by atoms with van der Waals surface area (Å²) in [5, 5.41) is 0. The van der Waals surface area contributed by atoms with E-state index in [1.54, 1.807) is 0 Å². The molecule has 0 radical (unpaired) electrons. The fourth-order valence-corrected chi connectivity index (χ4v) is 4.43. The lowest BCUT2D eigenvalue weighted by atomic mass is 9.70. The molecule has 3 aliphatic rings. The van der Waals surface area contributed by atoms with Gasteiger partial charge < -0.3 is 9.47 Å². The summed E-state index contributed by atoms with van der Waals surface area (Å²) in [6.07, 6.45) is 5.36. The van der Waals surface area contributed by atoms with Gasteiger partial charge in [-0.05, 0) is 35.5 Å². The lowest BCUT2D eigenvalue weighted by Crippen LogP contribution is -2.52. The van der Waals surface area contributed by atoms with Gasteiger partial charge in [-0.1, -0.05) is 22.6 Å². The first-order valence-electron chi connectivity index (χ1n) is 5.68. The monoisotopic (exact) mass is 308 g/mol. The zero-order chi connectivity index (χ0) is 9.60. The maximum atomic E-state index is 5.79. The standard InChI is InChI=1S/C11H17IO2/c12-2-1-8-5-9-7-11(10(9)6-8)13-3-4-14-11/h8-10H,1-7H2/t8-,9-,10-/m1/s1. The number of fused-ring (bicyclic) bond motifs is 2. The second-order valence-electron chi connectivity index (χ2n) is 4.89. The van der Waals surface area contributed by atoms with Crippen molar-refractivity contribution < 1.29 is 9.47 Å². The van der Waals surface area contributed by atoms with Crippen LogP contribution < -0.4 is 0 Å². The van der Waals surface area contributed by atoms with Crippen LogP contribution in [-0.4, -0.2) is 23.4 Å². The van der Waals surface area contributed by atoms with E-state index in [0.29, 0.717) is 0 Å². The summed E-state index contributed by atoms with van der Waals surface area (Å²) in [6.45, 7) is 1.64. The van der Waals surface area contributed by atoms with Gasteiger partial charge in [-0.3, -0.25) is 0 Å². The molecule has 0 unspecified atom stereocenters. The quantitative estimate of drug-likeness (QED) is 0.577. The number of halogens is 1. The van der Waals surface area contributed by atoms with Gasteiger partial charge >= 0.3 is 0 Å². The molecule has 3 heteroatoms. The highest BCUT2D eigenvalue weighted by molar-refractivity contribution is 14.1. The molecule has 80 valence electrons. The molecule has 1 aliphatic heterocycles. The topological polar surface area (TPSA) is 18.5 Å². The molecule has 3 atom stereocenters. The van der Waals surface area contributed by atoms with E-state index in [-0.39, 0.29) is 5.79 Å². The Bertz CT molecular complexity index is 225. The van der Waals surface area contributed by atoms with E-state index in [0.717, 1.165) is 31.0 Å². The number of ether oxygens (including phenoxy) is 2. The van der Waals surface area contributed by atoms with Crippen molar-refractivity contribution in [3.05, 3.63) is 0 Å². The van der Waals surface area contributed by atoms with Crippen molar-refractivity contribution in [3.63, 3.8) is 0 Å². The highest BCUT2D eigenvalue weighted by Gasteiger charge is 2.61. The molecule has 0 aromatic heterocycles. The van der Waals surface area contributed by atoms with Gasteiger partial charge in [0.1, 0.15) is 0 Å². The van der Waals surface area contributed by atoms with Crippen molar-refractivity contribution in [1.82, 2.24) is 0 Å². The molecule has 0 aromatic rings. The van der Waals surface area contributed by atoms with Crippen molar-refractivity contribution in [2.75, 3.05) is 17.6 Å². The first-order chi connectivity index (χ1) is 6.84. The van der Waals surface area contributed by atoms with Gasteiger partial charge in [0.25, 0.3) is 0 Å². The van der Waals surface area contributed by atoms with Gasteiger partial charge in [-0.2, -0.15) is 0 Å². The van der Waals surface area contributed by atoms with E-state index in [1.165, 1.54) is 30.1 Å². The summed E-state index contributed by atoms with van der Waals surface area (Å²) >= 11 is 2.49. The van der Waals surface area contributed by atoms with Crippen LogP contribution in [0.5, 0.6) is 0 Å². The van der Waals surface area contributed by atoms with Crippen LogP contribution in [-0.2, 0) is 9.47 Å². The van der Waals surface area contributed by atoms with E-state index in [1.807, 2.05) is 0 Å². The molecule has 2 saturated carbocycles. The molecule has 0 bridgehead atoms. The predicted octanol–water partition coefficient (Wildman–Crippen LogP) is 2.60. The minimum atomic E-state index is -0.106. The van der Waals surface area contributed by atoms with E-state index >= 15 is 0 Å². The van der Waals surface area contributed by atoms with Crippen molar-refractivity contribution in [3.8, 4) is 0 Å². The Morgan fingerprint density at radius 2 is 2.00 bits per heavy atom. The van der Waals surface area contributed by atoms with E-state index in [2.05, 4.69) is 22.6 Å². The molecular formula is C11H17IO2. The average Bonchev–Trinajstić information content (AvgIpc) is 2.72. The molecular weight excluding hydrogens is 291 g/mol. The Hall–Kier alpha value is 0.650. The van der Waals surface area contributed by atoms with Gasteiger partial charge in [0, 0.05) is 12.3 Å². The van der Waals surface area contributed by atoms with Crippen molar-refractivity contribution in [1.29, 1.82) is 0 Å². The number of hydrogen-bond acceptors (Lipinski definition) is 2. The minimum absolute atomic E-state index is 0.106. The molecule has 1 saturated heterocycles. The van der Waals surface area contributed by atoms with Crippen LogP contribution in [0.25, 0.3) is 0 Å². The Balaban J connectivity index is 1.64. The van der Waals surface area contributed by atoms with Crippen molar-refractivity contribution in [2.24, 2.45) is 17.8 Å². The molecule has 2 nitrogen and oxygen atoms in total. The van der Waals surface area contributed by atoms with Gasteiger partial charge in [0.05, 0.1) is 13.2 Å². The third-order valence-corrected chi connectivity index (χ3v) is 4.82. The van der Waals surface area contributed by atoms with E-state index in [4.69, 9.17) is 9.47 Å². The van der Waals surface area contributed by atoms with Crippen LogP contribution in [0.3, 0.4) is 0 Å². The number of alkyl halides is 1. The second kappa shape index (κ2) is 3.59. The van der Waals surface area contributed by atoms with Crippen LogP contribution >= 0.6 is 22.6 Å². The zero-order valence-electron chi connectivity index (χ0n) is 8.38. The molecule has 0 aromatic carbocycles. The summed E-state index contributed by atoms with van der Waals surface area (Å²) in [5.74, 6) is 2.50. The maximum Gasteiger partial charge on any atom is 0.171 e. The lowest BCUT2D eigenvalue weighted by molar-refractivity contribution is -0.267. The largest absolute Gasteiger partial charge is 0.347 e. The van der Waals surface area contributed by atoms with Gasteiger partial charge in [-0.25, -0.2) is 0 Å². The van der Waals surface area contributed by atoms with Gasteiger partial charge in [-0.15, -0.1) is 0 Å². The third kappa shape index (κ3) is 1.35. The van der Waals surface area contributed by atoms with E-state index < -0.39 is 0 Å². The van der Waals surface area contributed by atoms with Gasteiger partial charge in [0.2, 0.25) is 0 Å². The highest BCUT2D eigenvalue weighted by atomic mass is 127. The molecule has 0 amide bonds. The minimum Gasteiger partial charge on any atom is -0.347 e. The summed E-state index contributed by atoms with van der Waals surface area (Å²) in [6, 6.07) is 0. The van der Waals surface area contributed by atoms with Gasteiger partial charge in [0.15, 0.2) is 5.79 Å². The summed E-state index contributed by atoms with van der Waals surface area (Å²) in [5.41, 5.74) is 0. The van der Waals surface area contributed by atoms with Crippen molar-refractivity contribution >= 4 is 22.6 Å². The molecule has 2 aliphatic carbocycles. The predicted molar refractivity (Wildman–Crippen MR) is 62.5 cm³/mol. The molecule has 0 N–H and O–H groups in total. The zero-order valence-corrected chi connectivity index (χ0v) is 10.5. The first kappa shape index (κ1) is 9.85. The molecule has 3 rings (SSSR count). The first-order valence-corrected chi connectivity index (χ1v) is 7.20. The van der Waals surface area contributed by atoms with Crippen LogP contribution in [0.1, 0.15) is 25.7 Å². The Morgan fingerprint density at radius 1 is 1.21 bits per heavy atom. The average molecular weight is 308 g/mol. The smallest absolute Gasteiger partial charge is 0.171 e. The van der Waals surface area contributed by atoms with Crippen LogP contribution in [0, 0.1) is 17.8 Å². The summed E-state index contributed by atoms with van der Waals surface area (Å²) in [4.78, 5) is 0. The fraction of sp³-hybridized carbons (Fsp3) is 1.00. The molecule has 1 heterocycles. The van der Waals surface area contributed by atoms with Crippen molar-refractivity contribution in [2.45, 2.75) is 31.5 Å². The number of rotatable bonds is 2. The third-order valence-electron chi connectivity index (χ3n) is 4.20. The van der Waals surface area contributed by atoms with Crippen LogP contribution in [0.2, 0.25) is 0 Å². The second-order valence-corrected chi connectivity index (χ2v) is 5.97.